The van der Waals surface area contributed by atoms with Crippen LogP contribution in [0.15, 0.2) is 0 Å². The Morgan fingerprint density at radius 2 is 1.35 bits per heavy atom. The molecule has 0 amide bonds. The van der Waals surface area contributed by atoms with Gasteiger partial charge in [0.15, 0.2) is 0 Å². The van der Waals surface area contributed by atoms with Crippen LogP contribution in [-0.4, -0.2) is 11.2 Å². The molecular weight excluding hydrogens is 208 g/mol. The van der Waals surface area contributed by atoms with Gasteiger partial charge in [0.1, 0.15) is 0 Å². The lowest BCUT2D eigenvalue weighted by molar-refractivity contribution is 0.0614. The minimum Gasteiger partial charge on any atom is -0.393 e. The van der Waals surface area contributed by atoms with Gasteiger partial charge in [-0.05, 0) is 67.6 Å². The summed E-state index contributed by atoms with van der Waals surface area (Å²) in [5.41, 5.74) is 0. The van der Waals surface area contributed by atoms with Gasteiger partial charge in [-0.25, -0.2) is 0 Å². The molecule has 4 rings (SSSR count). The number of hydrogen-bond acceptors (Lipinski definition) is 1. The predicted octanol–water partition coefficient (Wildman–Crippen LogP) is 3.61. The fraction of sp³-hybridized carbons (Fsp3) is 1.00. The summed E-state index contributed by atoms with van der Waals surface area (Å²) in [7, 11) is 0. The minimum atomic E-state index is 0.0755. The zero-order valence-electron chi connectivity index (χ0n) is 10.9. The van der Waals surface area contributed by atoms with Crippen LogP contribution in [0.25, 0.3) is 0 Å². The molecule has 17 heavy (non-hydrogen) atoms. The van der Waals surface area contributed by atoms with Crippen LogP contribution in [0.1, 0.15) is 57.8 Å². The van der Waals surface area contributed by atoms with E-state index in [0.29, 0.717) is 5.92 Å². The summed E-state index contributed by atoms with van der Waals surface area (Å²) in [5, 5.41) is 10.7. The monoisotopic (exact) mass is 234 g/mol. The van der Waals surface area contributed by atoms with Crippen molar-refractivity contribution in [3.8, 4) is 0 Å². The number of hydrogen-bond donors (Lipinski definition) is 1. The second-order valence-corrected chi connectivity index (χ2v) is 7.31. The molecule has 5 unspecified atom stereocenters. The maximum atomic E-state index is 10.7. The van der Waals surface area contributed by atoms with Crippen LogP contribution in [0.2, 0.25) is 0 Å². The molecular formula is C16H26O. The Bertz CT molecular complexity index is 276. The van der Waals surface area contributed by atoms with Crippen LogP contribution >= 0.6 is 0 Å². The molecule has 4 fully saturated rings. The van der Waals surface area contributed by atoms with Crippen molar-refractivity contribution in [2.45, 2.75) is 63.9 Å². The molecule has 96 valence electrons. The Labute approximate surface area is 105 Å². The molecule has 0 aromatic carbocycles. The number of aliphatic hydroxyl groups is 1. The lowest BCUT2D eigenvalue weighted by Gasteiger charge is -2.23. The molecule has 0 saturated heterocycles. The predicted molar refractivity (Wildman–Crippen MR) is 68.5 cm³/mol. The highest BCUT2D eigenvalue weighted by Crippen LogP contribution is 2.71. The average Bonchev–Trinajstić information content (AvgIpc) is 2.93. The Hall–Kier alpha value is -0.0400. The second-order valence-electron chi connectivity index (χ2n) is 7.31. The van der Waals surface area contributed by atoms with E-state index in [1.807, 2.05) is 0 Å². The molecule has 5 atom stereocenters. The first-order valence-corrected chi connectivity index (χ1v) is 8.04. The molecule has 0 heterocycles. The summed E-state index contributed by atoms with van der Waals surface area (Å²) in [6.07, 6.45) is 12.7. The van der Waals surface area contributed by atoms with Crippen LogP contribution < -0.4 is 0 Å². The zero-order chi connectivity index (χ0) is 11.4. The van der Waals surface area contributed by atoms with Crippen molar-refractivity contribution in [3.63, 3.8) is 0 Å². The molecule has 0 aromatic rings. The zero-order valence-corrected chi connectivity index (χ0v) is 10.9. The van der Waals surface area contributed by atoms with Crippen LogP contribution in [0.4, 0.5) is 0 Å². The summed E-state index contributed by atoms with van der Waals surface area (Å²) in [4.78, 5) is 0. The van der Waals surface area contributed by atoms with E-state index in [1.54, 1.807) is 0 Å². The normalized spacial score (nSPS) is 51.0. The van der Waals surface area contributed by atoms with Gasteiger partial charge in [0.05, 0.1) is 6.10 Å². The van der Waals surface area contributed by atoms with Gasteiger partial charge in [-0.3, -0.25) is 0 Å². The van der Waals surface area contributed by atoms with Gasteiger partial charge in [-0.2, -0.15) is 0 Å². The van der Waals surface area contributed by atoms with Crippen molar-refractivity contribution >= 4 is 0 Å². The van der Waals surface area contributed by atoms with Gasteiger partial charge in [0, 0.05) is 0 Å². The van der Waals surface area contributed by atoms with Crippen LogP contribution in [0.3, 0.4) is 0 Å². The molecule has 2 bridgehead atoms. The molecule has 0 aromatic heterocycles. The fourth-order valence-corrected chi connectivity index (χ4v) is 5.82. The Morgan fingerprint density at radius 3 is 1.94 bits per heavy atom. The van der Waals surface area contributed by atoms with Gasteiger partial charge >= 0.3 is 0 Å². The second kappa shape index (κ2) is 3.98. The molecule has 4 aliphatic rings. The van der Waals surface area contributed by atoms with Crippen molar-refractivity contribution in [2.75, 3.05) is 0 Å². The van der Waals surface area contributed by atoms with E-state index >= 15 is 0 Å². The topological polar surface area (TPSA) is 20.2 Å². The third kappa shape index (κ3) is 1.61. The maximum Gasteiger partial charge on any atom is 0.0602 e. The molecule has 1 heteroatoms. The highest BCUT2D eigenvalue weighted by Gasteiger charge is 2.67. The third-order valence-electron chi connectivity index (χ3n) is 6.57. The van der Waals surface area contributed by atoms with Gasteiger partial charge in [-0.1, -0.05) is 25.7 Å². The van der Waals surface area contributed by atoms with E-state index in [0.717, 1.165) is 29.6 Å². The largest absolute Gasteiger partial charge is 0.393 e. The molecule has 0 spiro atoms. The molecule has 4 aliphatic carbocycles. The summed E-state index contributed by atoms with van der Waals surface area (Å²) in [6.45, 7) is 0. The van der Waals surface area contributed by atoms with Gasteiger partial charge in [0.25, 0.3) is 0 Å². The van der Waals surface area contributed by atoms with Crippen LogP contribution in [0, 0.1) is 35.5 Å². The first kappa shape index (κ1) is 10.8. The van der Waals surface area contributed by atoms with E-state index < -0.39 is 0 Å². The average molecular weight is 234 g/mol. The molecule has 0 aliphatic heterocycles. The fourth-order valence-electron chi connectivity index (χ4n) is 5.82. The Morgan fingerprint density at radius 1 is 0.765 bits per heavy atom. The van der Waals surface area contributed by atoms with E-state index in [1.165, 1.54) is 57.8 Å². The molecule has 4 saturated carbocycles. The maximum absolute atomic E-state index is 10.7. The van der Waals surface area contributed by atoms with E-state index in [4.69, 9.17) is 0 Å². The van der Waals surface area contributed by atoms with Gasteiger partial charge < -0.3 is 5.11 Å². The summed E-state index contributed by atoms with van der Waals surface area (Å²) < 4.78 is 0. The van der Waals surface area contributed by atoms with Crippen molar-refractivity contribution < 1.29 is 5.11 Å². The summed E-state index contributed by atoms with van der Waals surface area (Å²) in [6, 6.07) is 0. The van der Waals surface area contributed by atoms with Crippen LogP contribution in [-0.2, 0) is 0 Å². The van der Waals surface area contributed by atoms with E-state index in [-0.39, 0.29) is 6.10 Å². The van der Waals surface area contributed by atoms with E-state index in [9.17, 15) is 5.11 Å². The van der Waals surface area contributed by atoms with Crippen molar-refractivity contribution in [1.82, 2.24) is 0 Å². The summed E-state index contributed by atoms with van der Waals surface area (Å²) >= 11 is 0. The van der Waals surface area contributed by atoms with Gasteiger partial charge in [0.2, 0.25) is 0 Å². The van der Waals surface area contributed by atoms with Crippen molar-refractivity contribution in [2.24, 2.45) is 35.5 Å². The Kier molecular flexibility index (Phi) is 2.54. The lowest BCUT2D eigenvalue weighted by atomic mass is 9.87. The van der Waals surface area contributed by atoms with E-state index in [2.05, 4.69) is 0 Å². The van der Waals surface area contributed by atoms with Crippen molar-refractivity contribution in [3.05, 3.63) is 0 Å². The van der Waals surface area contributed by atoms with Gasteiger partial charge in [-0.15, -0.1) is 0 Å². The highest BCUT2D eigenvalue weighted by atomic mass is 16.3. The standard InChI is InChI=1S/C16H26O/c17-16(10-5-3-1-2-4-6-10)15-13-11-7-8-12(9-11)14(13)15/h10-17H,1-9H2. The Balaban J connectivity index is 1.43. The molecule has 1 N–H and O–H groups in total. The first-order chi connectivity index (χ1) is 8.36. The number of fused-ring (bicyclic) bond motifs is 5. The smallest absolute Gasteiger partial charge is 0.0602 e. The quantitative estimate of drug-likeness (QED) is 0.724. The highest BCUT2D eigenvalue weighted by molar-refractivity contribution is 5.15. The molecule has 1 nitrogen and oxygen atoms in total. The summed E-state index contributed by atoms with van der Waals surface area (Å²) in [5.74, 6) is 5.38. The number of rotatable bonds is 2. The third-order valence-corrected chi connectivity index (χ3v) is 6.57. The first-order valence-electron chi connectivity index (χ1n) is 8.04. The van der Waals surface area contributed by atoms with Crippen LogP contribution in [0.5, 0.6) is 0 Å². The minimum absolute atomic E-state index is 0.0755. The number of aliphatic hydroxyl groups excluding tert-OH is 1. The molecule has 0 radical (unpaired) electrons. The van der Waals surface area contributed by atoms with Crippen molar-refractivity contribution in [1.29, 1.82) is 0 Å². The SMILES string of the molecule is OC(C1CCCCCC1)C1C2C3CCC(C3)C21. The lowest BCUT2D eigenvalue weighted by Crippen LogP contribution is -2.25.